The molecule has 2 heterocycles. The van der Waals surface area contributed by atoms with E-state index in [-0.39, 0.29) is 29.6 Å². The summed E-state index contributed by atoms with van der Waals surface area (Å²) in [4.78, 5) is 39.1. The Morgan fingerprint density at radius 2 is 1.62 bits per heavy atom. The van der Waals surface area contributed by atoms with Gasteiger partial charge in [-0.05, 0) is 25.7 Å². The van der Waals surface area contributed by atoms with E-state index in [9.17, 15) is 14.4 Å². The molecule has 0 radical (unpaired) electrons. The minimum absolute atomic E-state index is 0.0167. The van der Waals surface area contributed by atoms with Gasteiger partial charge in [-0.2, -0.15) is 0 Å². The number of esters is 1. The zero-order chi connectivity index (χ0) is 15.4. The number of hydrogen-bond donors (Lipinski definition) is 0. The third-order valence-electron chi connectivity index (χ3n) is 4.56. The lowest BCUT2D eigenvalue weighted by atomic mass is 9.92. The maximum absolute atomic E-state index is 12.6. The van der Waals surface area contributed by atoms with Crippen LogP contribution in [0, 0.1) is 11.8 Å². The number of carbonyl (C=O) groups excluding carboxylic acids is 3. The molecule has 2 rings (SSSR count). The van der Waals surface area contributed by atoms with Gasteiger partial charge in [-0.25, -0.2) is 0 Å². The zero-order valence-corrected chi connectivity index (χ0v) is 12.8. The van der Waals surface area contributed by atoms with Crippen molar-refractivity contribution in [2.75, 3.05) is 33.3 Å². The normalized spacial score (nSPS) is 23.8. The lowest BCUT2D eigenvalue weighted by Crippen LogP contribution is -2.48. The Morgan fingerprint density at radius 3 is 2.19 bits per heavy atom. The first-order valence-corrected chi connectivity index (χ1v) is 7.65. The van der Waals surface area contributed by atoms with Crippen LogP contribution in [-0.4, -0.2) is 60.9 Å². The fourth-order valence-electron chi connectivity index (χ4n) is 3.24. The van der Waals surface area contributed by atoms with Gasteiger partial charge in [0, 0.05) is 39.0 Å². The minimum atomic E-state index is -0.223. The fourth-order valence-corrected chi connectivity index (χ4v) is 3.24. The van der Waals surface area contributed by atoms with E-state index in [2.05, 4.69) is 0 Å². The van der Waals surface area contributed by atoms with Crippen molar-refractivity contribution in [3.05, 3.63) is 0 Å². The Bertz CT molecular complexity index is 416. The minimum Gasteiger partial charge on any atom is -0.469 e. The van der Waals surface area contributed by atoms with Crippen LogP contribution in [0.25, 0.3) is 0 Å². The molecule has 0 aromatic carbocycles. The molecule has 6 nitrogen and oxygen atoms in total. The van der Waals surface area contributed by atoms with Crippen LogP contribution in [0.3, 0.4) is 0 Å². The van der Waals surface area contributed by atoms with Crippen molar-refractivity contribution < 1.29 is 19.1 Å². The second kappa shape index (κ2) is 6.91. The monoisotopic (exact) mass is 296 g/mol. The zero-order valence-electron chi connectivity index (χ0n) is 12.8. The number of ether oxygens (including phenoxy) is 1. The molecular formula is C15H24N2O4. The molecule has 1 atom stereocenters. The van der Waals surface area contributed by atoms with E-state index in [1.54, 1.807) is 16.7 Å². The number of nitrogens with zero attached hydrogens (tertiary/aromatic N) is 2. The van der Waals surface area contributed by atoms with E-state index in [4.69, 9.17) is 4.74 Å². The standard InChI is InChI=1S/C15H24N2O4/c1-11(18)16-8-5-12(6-9-16)14(19)17-7-3-4-13(10-17)15(20)21-2/h12-13H,3-10H2,1-2H3. The van der Waals surface area contributed by atoms with Gasteiger partial charge in [0.05, 0.1) is 13.0 Å². The van der Waals surface area contributed by atoms with E-state index in [0.717, 1.165) is 32.2 Å². The van der Waals surface area contributed by atoms with Crippen molar-refractivity contribution in [3.8, 4) is 0 Å². The van der Waals surface area contributed by atoms with E-state index in [1.807, 2.05) is 0 Å². The number of piperidine rings is 2. The van der Waals surface area contributed by atoms with E-state index < -0.39 is 0 Å². The summed E-state index contributed by atoms with van der Waals surface area (Å²) in [6, 6.07) is 0. The van der Waals surface area contributed by atoms with Gasteiger partial charge in [0.15, 0.2) is 0 Å². The highest BCUT2D eigenvalue weighted by Crippen LogP contribution is 2.24. The van der Waals surface area contributed by atoms with Crippen molar-refractivity contribution in [2.45, 2.75) is 32.6 Å². The topological polar surface area (TPSA) is 66.9 Å². The van der Waals surface area contributed by atoms with Crippen molar-refractivity contribution in [1.29, 1.82) is 0 Å². The van der Waals surface area contributed by atoms with Gasteiger partial charge in [-0.3, -0.25) is 14.4 Å². The molecule has 2 saturated heterocycles. The lowest BCUT2D eigenvalue weighted by molar-refractivity contribution is -0.150. The molecule has 0 N–H and O–H groups in total. The van der Waals surface area contributed by atoms with Crippen LogP contribution in [0.4, 0.5) is 0 Å². The summed E-state index contributed by atoms with van der Waals surface area (Å²) < 4.78 is 4.78. The van der Waals surface area contributed by atoms with Crippen LogP contribution in [-0.2, 0) is 19.1 Å². The first-order valence-electron chi connectivity index (χ1n) is 7.65. The largest absolute Gasteiger partial charge is 0.469 e. The Kier molecular flexibility index (Phi) is 5.20. The van der Waals surface area contributed by atoms with Gasteiger partial charge in [0.25, 0.3) is 0 Å². The highest BCUT2D eigenvalue weighted by atomic mass is 16.5. The first-order chi connectivity index (χ1) is 10.0. The number of likely N-dealkylation sites (tertiary alicyclic amines) is 2. The Morgan fingerprint density at radius 1 is 0.952 bits per heavy atom. The summed E-state index contributed by atoms with van der Waals surface area (Å²) in [7, 11) is 1.39. The summed E-state index contributed by atoms with van der Waals surface area (Å²) in [6.45, 7) is 4.06. The molecule has 0 aromatic heterocycles. The molecule has 21 heavy (non-hydrogen) atoms. The lowest BCUT2D eigenvalue weighted by Gasteiger charge is -2.37. The van der Waals surface area contributed by atoms with E-state index in [0.29, 0.717) is 19.6 Å². The summed E-state index contributed by atoms with van der Waals surface area (Å²) in [5.41, 5.74) is 0. The highest BCUT2D eigenvalue weighted by Gasteiger charge is 2.34. The van der Waals surface area contributed by atoms with Crippen LogP contribution in [0.2, 0.25) is 0 Å². The van der Waals surface area contributed by atoms with Gasteiger partial charge < -0.3 is 14.5 Å². The smallest absolute Gasteiger partial charge is 0.310 e. The van der Waals surface area contributed by atoms with Crippen LogP contribution in [0.5, 0.6) is 0 Å². The summed E-state index contributed by atoms with van der Waals surface area (Å²) in [5.74, 6) is -0.225. The van der Waals surface area contributed by atoms with Gasteiger partial charge in [-0.1, -0.05) is 0 Å². The molecule has 0 saturated carbocycles. The van der Waals surface area contributed by atoms with Gasteiger partial charge in [0.1, 0.15) is 0 Å². The quantitative estimate of drug-likeness (QED) is 0.702. The number of hydrogen-bond acceptors (Lipinski definition) is 4. The molecule has 0 aliphatic carbocycles. The average molecular weight is 296 g/mol. The van der Waals surface area contributed by atoms with Crippen LogP contribution in [0.1, 0.15) is 32.6 Å². The molecule has 6 heteroatoms. The van der Waals surface area contributed by atoms with E-state index >= 15 is 0 Å². The molecular weight excluding hydrogens is 272 g/mol. The molecule has 1 unspecified atom stereocenters. The van der Waals surface area contributed by atoms with Gasteiger partial charge >= 0.3 is 5.97 Å². The van der Waals surface area contributed by atoms with Crippen LogP contribution in [0.15, 0.2) is 0 Å². The summed E-state index contributed by atoms with van der Waals surface area (Å²) >= 11 is 0. The third kappa shape index (κ3) is 3.74. The van der Waals surface area contributed by atoms with Crippen LogP contribution >= 0.6 is 0 Å². The Balaban J connectivity index is 1.88. The molecule has 2 amide bonds. The molecule has 2 fully saturated rings. The molecule has 0 spiro atoms. The second-order valence-corrected chi connectivity index (χ2v) is 5.93. The Hall–Kier alpha value is -1.59. The van der Waals surface area contributed by atoms with Crippen molar-refractivity contribution in [2.24, 2.45) is 11.8 Å². The predicted octanol–water partition coefficient (Wildman–Crippen LogP) is 0.656. The predicted molar refractivity (Wildman–Crippen MR) is 76.3 cm³/mol. The maximum atomic E-state index is 12.6. The highest BCUT2D eigenvalue weighted by molar-refractivity contribution is 5.81. The number of carbonyl (C=O) groups is 3. The number of methoxy groups -OCH3 is 1. The molecule has 2 aliphatic heterocycles. The van der Waals surface area contributed by atoms with E-state index in [1.165, 1.54) is 7.11 Å². The second-order valence-electron chi connectivity index (χ2n) is 5.93. The molecule has 0 aromatic rings. The van der Waals surface area contributed by atoms with Crippen molar-refractivity contribution >= 4 is 17.8 Å². The number of amides is 2. The van der Waals surface area contributed by atoms with Gasteiger partial charge in [0.2, 0.25) is 11.8 Å². The molecule has 0 bridgehead atoms. The molecule has 2 aliphatic rings. The van der Waals surface area contributed by atoms with Crippen LogP contribution < -0.4 is 0 Å². The first kappa shape index (κ1) is 15.8. The number of rotatable bonds is 2. The molecule has 118 valence electrons. The Labute approximate surface area is 125 Å². The maximum Gasteiger partial charge on any atom is 0.310 e. The fraction of sp³-hybridized carbons (Fsp3) is 0.800. The van der Waals surface area contributed by atoms with Crippen molar-refractivity contribution in [1.82, 2.24) is 9.80 Å². The van der Waals surface area contributed by atoms with Crippen molar-refractivity contribution in [3.63, 3.8) is 0 Å². The summed E-state index contributed by atoms with van der Waals surface area (Å²) in [6.07, 6.45) is 3.08. The SMILES string of the molecule is COC(=O)C1CCCN(C(=O)C2CCN(C(C)=O)CC2)C1. The third-order valence-corrected chi connectivity index (χ3v) is 4.56. The van der Waals surface area contributed by atoms with Gasteiger partial charge in [-0.15, -0.1) is 0 Å². The average Bonchev–Trinajstić information content (AvgIpc) is 2.53. The summed E-state index contributed by atoms with van der Waals surface area (Å²) in [5, 5.41) is 0.